The molecule has 4 heteroatoms. The fourth-order valence-electron chi connectivity index (χ4n) is 2.92. The van der Waals surface area contributed by atoms with Crippen LogP contribution in [-0.4, -0.2) is 23.1 Å². The minimum absolute atomic E-state index is 0.191. The van der Waals surface area contributed by atoms with Crippen molar-refractivity contribution in [3.8, 4) is 5.75 Å². The van der Waals surface area contributed by atoms with Crippen LogP contribution in [0.5, 0.6) is 5.75 Å². The van der Waals surface area contributed by atoms with E-state index >= 15 is 0 Å². The van der Waals surface area contributed by atoms with Gasteiger partial charge in [0.15, 0.2) is 0 Å². The van der Waals surface area contributed by atoms with E-state index in [4.69, 9.17) is 9.47 Å². The van der Waals surface area contributed by atoms with Crippen LogP contribution in [0.4, 0.5) is 4.79 Å². The van der Waals surface area contributed by atoms with Gasteiger partial charge in [-0.15, -0.1) is 13.2 Å². The number of ether oxygens (including phenoxy) is 2. The smallest absolute Gasteiger partial charge is 0.411 e. The Hall–Kier alpha value is -3.01. The van der Waals surface area contributed by atoms with Crippen molar-refractivity contribution >= 4 is 6.09 Å². The maximum absolute atomic E-state index is 12.8. The molecule has 0 aliphatic carbocycles. The highest BCUT2D eigenvalue weighted by molar-refractivity contribution is 5.69. The Morgan fingerprint density at radius 2 is 1.69 bits per heavy atom. The van der Waals surface area contributed by atoms with Gasteiger partial charge in [-0.1, -0.05) is 54.6 Å². The van der Waals surface area contributed by atoms with Crippen LogP contribution in [0.3, 0.4) is 0 Å². The number of hydrogen-bond acceptors (Lipinski definition) is 3. The molecule has 154 valence electrons. The number of rotatable bonds is 9. The first-order chi connectivity index (χ1) is 13.8. The van der Waals surface area contributed by atoms with Gasteiger partial charge in [-0.2, -0.15) is 0 Å². The van der Waals surface area contributed by atoms with Gasteiger partial charge in [0.25, 0.3) is 0 Å². The lowest BCUT2D eigenvalue weighted by Gasteiger charge is -2.33. The van der Waals surface area contributed by atoms with Crippen molar-refractivity contribution in [3.63, 3.8) is 0 Å². The maximum atomic E-state index is 12.8. The van der Waals surface area contributed by atoms with Gasteiger partial charge in [0.1, 0.15) is 18.0 Å². The van der Waals surface area contributed by atoms with E-state index in [9.17, 15) is 4.79 Å². The molecule has 2 aromatic rings. The minimum Gasteiger partial charge on any atom is -0.489 e. The predicted octanol–water partition coefficient (Wildman–Crippen LogP) is 6.31. The largest absolute Gasteiger partial charge is 0.489 e. The summed E-state index contributed by atoms with van der Waals surface area (Å²) in [5.41, 5.74) is 1.54. The van der Waals surface area contributed by atoms with E-state index in [1.165, 1.54) is 0 Å². The highest BCUT2D eigenvalue weighted by atomic mass is 16.6. The molecule has 0 radical (unpaired) electrons. The van der Waals surface area contributed by atoms with Crippen LogP contribution >= 0.6 is 0 Å². The minimum atomic E-state index is -0.565. The third kappa shape index (κ3) is 7.15. The van der Waals surface area contributed by atoms with Crippen LogP contribution < -0.4 is 4.74 Å². The first kappa shape index (κ1) is 22.3. The van der Waals surface area contributed by atoms with E-state index in [-0.39, 0.29) is 12.1 Å². The molecule has 0 spiro atoms. The van der Waals surface area contributed by atoms with Crippen molar-refractivity contribution in [1.29, 1.82) is 0 Å². The van der Waals surface area contributed by atoms with E-state index < -0.39 is 5.60 Å². The van der Waals surface area contributed by atoms with Crippen LogP contribution in [0, 0.1) is 0 Å². The standard InChI is InChI=1S/C25H31NO3/c1-6-11-23(26(18-7-2)24(27)29-25(3,4)5)21-14-16-22(17-15-21)28-19-20-12-9-8-10-13-20/h6-10,12-17,23H,1-2,11,18-19H2,3-5H3. The molecule has 1 amide bonds. The van der Waals surface area contributed by atoms with Crippen molar-refractivity contribution in [3.05, 3.63) is 91.0 Å². The van der Waals surface area contributed by atoms with E-state index in [1.54, 1.807) is 11.0 Å². The summed E-state index contributed by atoms with van der Waals surface area (Å²) in [5.74, 6) is 0.780. The van der Waals surface area contributed by atoms with Crippen LogP contribution in [-0.2, 0) is 11.3 Å². The Kier molecular flexibility index (Phi) is 8.08. The first-order valence-corrected chi connectivity index (χ1v) is 9.82. The molecule has 0 bridgehead atoms. The SMILES string of the molecule is C=CCC(c1ccc(OCc2ccccc2)cc1)N(CC=C)C(=O)OC(C)(C)C. The molecule has 0 saturated carbocycles. The fraction of sp³-hybridized carbons (Fsp3) is 0.320. The molecule has 0 fully saturated rings. The molecule has 2 rings (SSSR count). The molecule has 0 N–H and O–H groups in total. The summed E-state index contributed by atoms with van der Waals surface area (Å²) in [7, 11) is 0. The number of carbonyl (C=O) groups excluding carboxylic acids is 1. The van der Waals surface area contributed by atoms with Gasteiger partial charge >= 0.3 is 6.09 Å². The lowest BCUT2D eigenvalue weighted by Crippen LogP contribution is -2.39. The van der Waals surface area contributed by atoms with Crippen molar-refractivity contribution in [2.24, 2.45) is 0 Å². The summed E-state index contributed by atoms with van der Waals surface area (Å²) >= 11 is 0. The summed E-state index contributed by atoms with van der Waals surface area (Å²) in [6.45, 7) is 14.1. The Balaban J connectivity index is 2.15. The molecular weight excluding hydrogens is 362 g/mol. The molecule has 0 aliphatic heterocycles. The second-order valence-corrected chi connectivity index (χ2v) is 7.80. The summed E-state index contributed by atoms with van der Waals surface area (Å²) in [6.07, 6.45) is 3.76. The average Bonchev–Trinajstić information content (AvgIpc) is 2.69. The molecule has 0 aliphatic rings. The van der Waals surface area contributed by atoms with Crippen molar-refractivity contribution in [2.45, 2.75) is 45.4 Å². The zero-order valence-corrected chi connectivity index (χ0v) is 17.6. The lowest BCUT2D eigenvalue weighted by atomic mass is 10.0. The third-order valence-corrected chi connectivity index (χ3v) is 4.23. The normalized spacial score (nSPS) is 12.0. The maximum Gasteiger partial charge on any atom is 0.411 e. The van der Waals surface area contributed by atoms with Crippen LogP contribution in [0.2, 0.25) is 0 Å². The van der Waals surface area contributed by atoms with Gasteiger partial charge in [0.2, 0.25) is 0 Å². The quantitative estimate of drug-likeness (QED) is 0.469. The Labute approximate surface area is 174 Å². The van der Waals surface area contributed by atoms with Gasteiger partial charge in [0.05, 0.1) is 6.04 Å². The molecule has 2 aromatic carbocycles. The lowest BCUT2D eigenvalue weighted by molar-refractivity contribution is 0.0187. The summed E-state index contributed by atoms with van der Waals surface area (Å²) in [5, 5.41) is 0. The molecule has 1 atom stereocenters. The third-order valence-electron chi connectivity index (χ3n) is 4.23. The Bertz CT molecular complexity index is 791. The number of carbonyl (C=O) groups is 1. The summed E-state index contributed by atoms with van der Waals surface area (Å²) in [4.78, 5) is 14.4. The molecule has 29 heavy (non-hydrogen) atoms. The highest BCUT2D eigenvalue weighted by Gasteiger charge is 2.28. The summed E-state index contributed by atoms with van der Waals surface area (Å²) in [6, 6.07) is 17.7. The number of benzene rings is 2. The van der Waals surface area contributed by atoms with Crippen molar-refractivity contribution < 1.29 is 14.3 Å². The van der Waals surface area contributed by atoms with Gasteiger partial charge in [-0.3, -0.25) is 4.90 Å². The second-order valence-electron chi connectivity index (χ2n) is 7.80. The van der Waals surface area contributed by atoms with Crippen LogP contribution in [0.25, 0.3) is 0 Å². The topological polar surface area (TPSA) is 38.8 Å². The Morgan fingerprint density at radius 3 is 2.24 bits per heavy atom. The Morgan fingerprint density at radius 1 is 1.03 bits per heavy atom. The number of hydrogen-bond donors (Lipinski definition) is 0. The van der Waals surface area contributed by atoms with Gasteiger partial charge in [0, 0.05) is 6.54 Å². The predicted molar refractivity (Wildman–Crippen MR) is 118 cm³/mol. The van der Waals surface area contributed by atoms with Crippen LogP contribution in [0.1, 0.15) is 44.4 Å². The van der Waals surface area contributed by atoms with Crippen LogP contribution in [0.15, 0.2) is 79.9 Å². The second kappa shape index (κ2) is 10.5. The van der Waals surface area contributed by atoms with Gasteiger partial charge < -0.3 is 9.47 Å². The zero-order chi connectivity index (χ0) is 21.3. The fourth-order valence-corrected chi connectivity index (χ4v) is 2.92. The molecular formula is C25H31NO3. The molecule has 1 unspecified atom stereocenters. The molecule has 0 aromatic heterocycles. The number of amides is 1. The highest BCUT2D eigenvalue weighted by Crippen LogP contribution is 2.28. The molecule has 0 heterocycles. The first-order valence-electron chi connectivity index (χ1n) is 9.82. The van der Waals surface area contributed by atoms with Crippen molar-refractivity contribution in [1.82, 2.24) is 4.90 Å². The molecule has 0 saturated heterocycles. The van der Waals surface area contributed by atoms with Crippen molar-refractivity contribution in [2.75, 3.05) is 6.54 Å². The molecule has 4 nitrogen and oxygen atoms in total. The van der Waals surface area contributed by atoms with E-state index in [2.05, 4.69) is 13.2 Å². The van der Waals surface area contributed by atoms with E-state index in [1.807, 2.05) is 81.4 Å². The van der Waals surface area contributed by atoms with Gasteiger partial charge in [-0.25, -0.2) is 4.79 Å². The zero-order valence-electron chi connectivity index (χ0n) is 17.6. The average molecular weight is 394 g/mol. The monoisotopic (exact) mass is 393 g/mol. The number of nitrogens with zero attached hydrogens (tertiary/aromatic N) is 1. The summed E-state index contributed by atoms with van der Waals surface area (Å²) < 4.78 is 11.5. The van der Waals surface area contributed by atoms with E-state index in [0.29, 0.717) is 19.6 Å². The van der Waals surface area contributed by atoms with Gasteiger partial charge in [-0.05, 0) is 50.5 Å². The van der Waals surface area contributed by atoms with E-state index in [0.717, 1.165) is 16.9 Å².